The number of esters is 1. The number of allylic oxidation sites excluding steroid dienone is 1. The maximum absolute atomic E-state index is 12.7. The van der Waals surface area contributed by atoms with E-state index in [0.717, 1.165) is 24.8 Å². The molecule has 4 heteroatoms. The number of rotatable bonds is 5. The van der Waals surface area contributed by atoms with Crippen LogP contribution in [-0.4, -0.2) is 27.5 Å². The van der Waals surface area contributed by atoms with Gasteiger partial charge in [0.2, 0.25) is 0 Å². The maximum atomic E-state index is 12.7. The van der Waals surface area contributed by atoms with Gasteiger partial charge >= 0.3 is 5.97 Å². The van der Waals surface area contributed by atoms with Gasteiger partial charge in [0.25, 0.3) is 8.32 Å². The van der Waals surface area contributed by atoms with Crippen molar-refractivity contribution in [2.24, 2.45) is 0 Å². The van der Waals surface area contributed by atoms with Crippen LogP contribution in [-0.2, 0) is 14.0 Å². The van der Waals surface area contributed by atoms with E-state index in [9.17, 15) is 4.79 Å². The summed E-state index contributed by atoms with van der Waals surface area (Å²) < 4.78 is 12.3. The molecule has 0 aliphatic heterocycles. The minimum atomic E-state index is -2.71. The zero-order valence-corrected chi connectivity index (χ0v) is 19.2. The topological polar surface area (TPSA) is 35.5 Å². The van der Waals surface area contributed by atoms with Gasteiger partial charge in [0.15, 0.2) is 0 Å². The van der Waals surface area contributed by atoms with E-state index in [1.807, 2.05) is 19.1 Å². The fraction of sp³-hybridized carbons (Fsp3) is 0.400. The van der Waals surface area contributed by atoms with Crippen molar-refractivity contribution >= 4 is 24.7 Å². The maximum Gasteiger partial charge on any atom is 0.336 e. The van der Waals surface area contributed by atoms with E-state index in [2.05, 4.69) is 69.3 Å². The molecule has 1 unspecified atom stereocenters. The molecule has 0 spiro atoms. The van der Waals surface area contributed by atoms with Crippen molar-refractivity contribution in [3.05, 3.63) is 71.8 Å². The third-order valence-corrected chi connectivity index (χ3v) is 11.0. The Morgan fingerprint density at radius 1 is 0.966 bits per heavy atom. The molecular formula is C25H32O3Si. The molecule has 0 fully saturated rings. The summed E-state index contributed by atoms with van der Waals surface area (Å²) in [4.78, 5) is 12.7. The molecule has 1 aliphatic carbocycles. The molecule has 2 aromatic carbocycles. The van der Waals surface area contributed by atoms with Crippen molar-refractivity contribution in [3.8, 4) is 0 Å². The first kappa shape index (κ1) is 21.5. The summed E-state index contributed by atoms with van der Waals surface area (Å²) in [6.07, 6.45) is 2.54. The Bertz CT molecular complexity index is 826. The first-order chi connectivity index (χ1) is 13.8. The molecule has 29 heavy (non-hydrogen) atoms. The number of benzene rings is 2. The predicted molar refractivity (Wildman–Crippen MR) is 121 cm³/mol. The van der Waals surface area contributed by atoms with Gasteiger partial charge in [-0.1, -0.05) is 87.0 Å². The Labute approximate surface area is 175 Å². The smallest absolute Gasteiger partial charge is 0.336 e. The van der Waals surface area contributed by atoms with E-state index in [1.165, 1.54) is 17.5 Å². The lowest BCUT2D eigenvalue weighted by molar-refractivity contribution is -0.137. The average molecular weight is 409 g/mol. The van der Waals surface area contributed by atoms with Gasteiger partial charge < -0.3 is 9.16 Å². The minimum Gasteiger partial charge on any atom is -0.466 e. The van der Waals surface area contributed by atoms with E-state index >= 15 is 0 Å². The molecule has 0 bridgehead atoms. The van der Waals surface area contributed by atoms with E-state index in [-0.39, 0.29) is 17.1 Å². The van der Waals surface area contributed by atoms with Crippen LogP contribution in [0.5, 0.6) is 0 Å². The van der Waals surface area contributed by atoms with Gasteiger partial charge in [-0.3, -0.25) is 0 Å². The fourth-order valence-corrected chi connectivity index (χ4v) is 9.22. The standard InChI is InChI=1S/C25H32O3Si/c1-19-13-12-18-22(23(19)24(26)27-5)28-29(25(2,3)4,20-14-8-6-9-15-20)21-16-10-7-11-17-21/h6-11,14-17,22H,12-13,18H2,1-5H3. The highest BCUT2D eigenvalue weighted by Crippen LogP contribution is 2.40. The van der Waals surface area contributed by atoms with E-state index < -0.39 is 8.32 Å². The SMILES string of the molecule is COC(=O)C1=C(C)CCCC1O[Si](c1ccccc1)(c1ccccc1)C(C)(C)C. The molecule has 1 atom stereocenters. The number of carbonyl (C=O) groups excluding carboxylic acids is 1. The molecule has 0 saturated heterocycles. The Hall–Kier alpha value is -2.17. The molecule has 154 valence electrons. The molecule has 0 radical (unpaired) electrons. The number of ether oxygens (including phenoxy) is 1. The molecule has 2 aromatic rings. The summed E-state index contributed by atoms with van der Waals surface area (Å²) in [6, 6.07) is 21.1. The highest BCUT2D eigenvalue weighted by Gasteiger charge is 2.52. The number of hydrogen-bond donors (Lipinski definition) is 0. The molecule has 0 amide bonds. The van der Waals surface area contributed by atoms with E-state index in [0.29, 0.717) is 5.57 Å². The lowest BCUT2D eigenvalue weighted by Crippen LogP contribution is -2.68. The molecule has 1 aliphatic rings. The van der Waals surface area contributed by atoms with Crippen molar-refractivity contribution in [3.63, 3.8) is 0 Å². The summed E-state index contributed by atoms with van der Waals surface area (Å²) in [5.74, 6) is -0.259. The Morgan fingerprint density at radius 2 is 1.48 bits per heavy atom. The third kappa shape index (κ3) is 4.10. The molecule has 0 N–H and O–H groups in total. The summed E-state index contributed by atoms with van der Waals surface area (Å²) in [7, 11) is -1.25. The van der Waals surface area contributed by atoms with Crippen LogP contribution in [0.1, 0.15) is 47.0 Å². The molecule has 0 heterocycles. The monoisotopic (exact) mass is 408 g/mol. The van der Waals surface area contributed by atoms with Gasteiger partial charge in [-0.15, -0.1) is 0 Å². The van der Waals surface area contributed by atoms with Gasteiger partial charge in [0.05, 0.1) is 18.8 Å². The van der Waals surface area contributed by atoms with Gasteiger partial charge in [0.1, 0.15) is 0 Å². The quantitative estimate of drug-likeness (QED) is 0.536. The molecule has 3 nitrogen and oxygen atoms in total. The minimum absolute atomic E-state index is 0.123. The molecule has 3 rings (SSSR count). The van der Waals surface area contributed by atoms with Crippen LogP contribution < -0.4 is 10.4 Å². The number of carbonyl (C=O) groups is 1. The summed E-state index contributed by atoms with van der Waals surface area (Å²) in [5, 5.41) is 2.33. The van der Waals surface area contributed by atoms with Crippen molar-refractivity contribution in [1.29, 1.82) is 0 Å². The molecular weight excluding hydrogens is 376 g/mol. The Balaban J connectivity index is 2.21. The van der Waals surface area contributed by atoms with Crippen LogP contribution in [0.25, 0.3) is 0 Å². The van der Waals surface area contributed by atoms with Crippen LogP contribution >= 0.6 is 0 Å². The van der Waals surface area contributed by atoms with Crippen LogP contribution in [0.15, 0.2) is 71.8 Å². The summed E-state index contributed by atoms with van der Waals surface area (Å²) >= 11 is 0. The fourth-order valence-electron chi connectivity index (χ4n) is 4.54. The van der Waals surface area contributed by atoms with Crippen LogP contribution in [0.3, 0.4) is 0 Å². The van der Waals surface area contributed by atoms with Crippen molar-refractivity contribution in [1.82, 2.24) is 0 Å². The summed E-state index contributed by atoms with van der Waals surface area (Å²) in [5.41, 5.74) is 1.80. The van der Waals surface area contributed by atoms with Crippen LogP contribution in [0, 0.1) is 0 Å². The van der Waals surface area contributed by atoms with Gasteiger partial charge in [-0.2, -0.15) is 0 Å². The predicted octanol–water partition coefficient (Wildman–Crippen LogP) is 4.61. The van der Waals surface area contributed by atoms with Gasteiger partial charge in [-0.05, 0) is 41.6 Å². The number of methoxy groups -OCH3 is 1. The highest BCUT2D eigenvalue weighted by atomic mass is 28.4. The van der Waals surface area contributed by atoms with Gasteiger partial charge in [-0.25, -0.2) is 4.79 Å². The largest absolute Gasteiger partial charge is 0.466 e. The second-order valence-corrected chi connectivity index (χ2v) is 13.1. The van der Waals surface area contributed by atoms with Crippen molar-refractivity contribution in [2.75, 3.05) is 7.11 Å². The third-order valence-electron chi connectivity index (χ3n) is 5.94. The van der Waals surface area contributed by atoms with Gasteiger partial charge in [0, 0.05) is 0 Å². The van der Waals surface area contributed by atoms with E-state index in [1.54, 1.807) is 0 Å². The zero-order chi connectivity index (χ0) is 21.1. The lowest BCUT2D eigenvalue weighted by atomic mass is 9.90. The average Bonchev–Trinajstić information content (AvgIpc) is 2.72. The lowest BCUT2D eigenvalue weighted by Gasteiger charge is -2.46. The van der Waals surface area contributed by atoms with Crippen LogP contribution in [0.2, 0.25) is 5.04 Å². The first-order valence-corrected chi connectivity index (χ1v) is 12.3. The second kappa shape index (κ2) is 8.68. The second-order valence-electron chi connectivity index (χ2n) is 8.85. The van der Waals surface area contributed by atoms with E-state index in [4.69, 9.17) is 9.16 Å². The van der Waals surface area contributed by atoms with Crippen molar-refractivity contribution < 1.29 is 14.0 Å². The Morgan fingerprint density at radius 3 is 1.93 bits per heavy atom. The number of hydrogen-bond acceptors (Lipinski definition) is 3. The zero-order valence-electron chi connectivity index (χ0n) is 18.2. The summed E-state index contributed by atoms with van der Waals surface area (Å²) in [6.45, 7) is 8.82. The first-order valence-electron chi connectivity index (χ1n) is 10.4. The molecule has 0 aromatic heterocycles. The Kier molecular flexibility index (Phi) is 6.44. The normalized spacial score (nSPS) is 17.9. The van der Waals surface area contributed by atoms with Crippen LogP contribution in [0.4, 0.5) is 0 Å². The van der Waals surface area contributed by atoms with Crippen molar-refractivity contribution in [2.45, 2.75) is 58.1 Å². The molecule has 0 saturated carbocycles. The highest BCUT2D eigenvalue weighted by molar-refractivity contribution is 6.99.